The molecule has 0 aromatic heterocycles. The molecule has 2 N–H and O–H groups in total. The van der Waals surface area contributed by atoms with Gasteiger partial charge in [0, 0.05) is 43.7 Å². The number of halogens is 1. The summed E-state index contributed by atoms with van der Waals surface area (Å²) in [5.41, 5.74) is 1.31. The molecular formula is C20H25ClN4O4. The number of carbonyl (C=O) groups is 4. The Kier molecular flexibility index (Phi) is 5.69. The van der Waals surface area contributed by atoms with Gasteiger partial charge in [-0.25, -0.2) is 0 Å². The van der Waals surface area contributed by atoms with Gasteiger partial charge in [-0.2, -0.15) is 0 Å². The van der Waals surface area contributed by atoms with Crippen molar-refractivity contribution in [3.8, 4) is 0 Å². The van der Waals surface area contributed by atoms with E-state index in [-0.39, 0.29) is 48.6 Å². The maximum Gasteiger partial charge on any atom is 0.255 e. The van der Waals surface area contributed by atoms with Crippen molar-refractivity contribution in [1.29, 1.82) is 0 Å². The number of piperidine rings is 1. The second-order valence-electron chi connectivity index (χ2n) is 8.18. The van der Waals surface area contributed by atoms with Gasteiger partial charge in [-0.05, 0) is 38.0 Å². The highest BCUT2D eigenvalue weighted by Gasteiger charge is 2.42. The van der Waals surface area contributed by atoms with E-state index in [1.807, 2.05) is 18.7 Å². The minimum Gasteiger partial charge on any atom is -0.331 e. The third kappa shape index (κ3) is 3.62. The van der Waals surface area contributed by atoms with E-state index in [0.29, 0.717) is 36.2 Å². The summed E-state index contributed by atoms with van der Waals surface area (Å²) in [6, 6.07) is 4.48. The SMILES string of the molecule is CC1(C)CNCCN1C(=O)c1cccc2c1CN(C1CCC(=O)NC1=O)C2=O.Cl. The number of imide groups is 1. The van der Waals surface area contributed by atoms with Gasteiger partial charge < -0.3 is 15.1 Å². The first-order valence-electron chi connectivity index (χ1n) is 9.59. The predicted octanol–water partition coefficient (Wildman–Crippen LogP) is 0.693. The zero-order chi connectivity index (χ0) is 20.1. The fourth-order valence-electron chi connectivity index (χ4n) is 4.29. The van der Waals surface area contributed by atoms with Crippen LogP contribution in [-0.2, 0) is 16.1 Å². The summed E-state index contributed by atoms with van der Waals surface area (Å²) in [6.45, 7) is 6.26. The number of carbonyl (C=O) groups excluding carboxylic acids is 4. The lowest BCUT2D eigenvalue weighted by molar-refractivity contribution is -0.136. The molecule has 8 nitrogen and oxygen atoms in total. The average molecular weight is 421 g/mol. The second-order valence-corrected chi connectivity index (χ2v) is 8.18. The average Bonchev–Trinajstić information content (AvgIpc) is 2.98. The van der Waals surface area contributed by atoms with Crippen LogP contribution in [0.5, 0.6) is 0 Å². The monoisotopic (exact) mass is 420 g/mol. The molecule has 3 aliphatic rings. The van der Waals surface area contributed by atoms with Gasteiger partial charge in [-0.15, -0.1) is 12.4 Å². The zero-order valence-electron chi connectivity index (χ0n) is 16.5. The number of piperazine rings is 1. The van der Waals surface area contributed by atoms with Gasteiger partial charge in [0.15, 0.2) is 0 Å². The summed E-state index contributed by atoms with van der Waals surface area (Å²) in [7, 11) is 0. The number of amides is 4. The van der Waals surface area contributed by atoms with Crippen molar-refractivity contribution >= 4 is 36.0 Å². The van der Waals surface area contributed by atoms with Crippen LogP contribution in [0.2, 0.25) is 0 Å². The zero-order valence-corrected chi connectivity index (χ0v) is 17.3. The van der Waals surface area contributed by atoms with Gasteiger partial charge >= 0.3 is 0 Å². The molecule has 1 atom stereocenters. The summed E-state index contributed by atoms with van der Waals surface area (Å²) in [5.74, 6) is -1.13. The molecule has 2 fully saturated rings. The number of fused-ring (bicyclic) bond motifs is 1. The summed E-state index contributed by atoms with van der Waals surface area (Å²) in [6.07, 6.45) is 0.510. The van der Waals surface area contributed by atoms with Gasteiger partial charge in [-0.3, -0.25) is 24.5 Å². The standard InChI is InChI=1S/C20H24N4O4.ClH/c1-20(2)11-21-8-9-24(20)19(28)13-5-3-4-12-14(13)10-23(18(12)27)15-6-7-16(25)22-17(15)26;/h3-5,15,21H,6-11H2,1-2H3,(H,22,25,26);1H. The van der Waals surface area contributed by atoms with E-state index < -0.39 is 11.9 Å². The lowest BCUT2D eigenvalue weighted by Gasteiger charge is -2.43. The summed E-state index contributed by atoms with van der Waals surface area (Å²) < 4.78 is 0. The Labute approximate surface area is 175 Å². The molecular weight excluding hydrogens is 396 g/mol. The van der Waals surface area contributed by atoms with Crippen LogP contribution in [0, 0.1) is 0 Å². The lowest BCUT2D eigenvalue weighted by Crippen LogP contribution is -2.60. The Bertz CT molecular complexity index is 885. The van der Waals surface area contributed by atoms with Gasteiger partial charge in [0.1, 0.15) is 6.04 Å². The first-order valence-corrected chi connectivity index (χ1v) is 9.59. The van der Waals surface area contributed by atoms with E-state index in [4.69, 9.17) is 0 Å². The molecule has 0 aliphatic carbocycles. The quantitative estimate of drug-likeness (QED) is 0.686. The maximum absolute atomic E-state index is 13.3. The number of rotatable bonds is 2. The third-order valence-corrected chi connectivity index (χ3v) is 5.86. The Balaban J connectivity index is 0.00000240. The Hall–Kier alpha value is -2.45. The first kappa shape index (κ1) is 21.3. The van der Waals surface area contributed by atoms with Crippen molar-refractivity contribution < 1.29 is 19.2 Å². The third-order valence-electron chi connectivity index (χ3n) is 5.86. The van der Waals surface area contributed by atoms with Crippen molar-refractivity contribution in [1.82, 2.24) is 20.4 Å². The molecule has 0 spiro atoms. The van der Waals surface area contributed by atoms with Crippen LogP contribution in [0.4, 0.5) is 0 Å². The van der Waals surface area contributed by atoms with E-state index in [1.54, 1.807) is 18.2 Å². The molecule has 2 saturated heterocycles. The molecule has 3 aliphatic heterocycles. The highest BCUT2D eigenvalue weighted by atomic mass is 35.5. The smallest absolute Gasteiger partial charge is 0.255 e. The molecule has 3 heterocycles. The Morgan fingerprint density at radius 2 is 1.97 bits per heavy atom. The van der Waals surface area contributed by atoms with Gasteiger partial charge in [0.2, 0.25) is 11.8 Å². The van der Waals surface area contributed by atoms with Gasteiger partial charge in [0.25, 0.3) is 11.8 Å². The van der Waals surface area contributed by atoms with Crippen LogP contribution >= 0.6 is 12.4 Å². The largest absolute Gasteiger partial charge is 0.331 e. The van der Waals surface area contributed by atoms with Crippen LogP contribution in [-0.4, -0.2) is 64.6 Å². The molecule has 4 amide bonds. The van der Waals surface area contributed by atoms with Crippen LogP contribution < -0.4 is 10.6 Å². The molecule has 29 heavy (non-hydrogen) atoms. The minimum atomic E-state index is -0.684. The maximum atomic E-state index is 13.3. The fourth-order valence-corrected chi connectivity index (χ4v) is 4.29. The van der Waals surface area contributed by atoms with Crippen molar-refractivity contribution in [3.05, 3.63) is 34.9 Å². The first-order chi connectivity index (χ1) is 13.3. The summed E-state index contributed by atoms with van der Waals surface area (Å²) >= 11 is 0. The number of nitrogens with one attached hydrogen (secondary N) is 2. The summed E-state index contributed by atoms with van der Waals surface area (Å²) in [5, 5.41) is 5.60. The van der Waals surface area contributed by atoms with Gasteiger partial charge in [0.05, 0.1) is 5.54 Å². The molecule has 9 heteroatoms. The van der Waals surface area contributed by atoms with E-state index >= 15 is 0 Å². The van der Waals surface area contributed by atoms with E-state index in [2.05, 4.69) is 10.6 Å². The van der Waals surface area contributed by atoms with E-state index in [0.717, 1.165) is 6.54 Å². The van der Waals surface area contributed by atoms with Gasteiger partial charge in [-0.1, -0.05) is 6.07 Å². The number of benzene rings is 1. The van der Waals surface area contributed by atoms with Crippen molar-refractivity contribution in [3.63, 3.8) is 0 Å². The Morgan fingerprint density at radius 1 is 1.21 bits per heavy atom. The highest BCUT2D eigenvalue weighted by molar-refractivity contribution is 6.07. The van der Waals surface area contributed by atoms with Crippen molar-refractivity contribution in [2.45, 2.75) is 44.8 Å². The van der Waals surface area contributed by atoms with Crippen LogP contribution in [0.25, 0.3) is 0 Å². The minimum absolute atomic E-state index is 0. The fraction of sp³-hybridized carbons (Fsp3) is 0.500. The van der Waals surface area contributed by atoms with Crippen LogP contribution in [0.3, 0.4) is 0 Å². The molecule has 0 saturated carbocycles. The molecule has 156 valence electrons. The molecule has 0 radical (unpaired) electrons. The topological polar surface area (TPSA) is 98.8 Å². The highest BCUT2D eigenvalue weighted by Crippen LogP contribution is 2.31. The van der Waals surface area contributed by atoms with Crippen molar-refractivity contribution in [2.75, 3.05) is 19.6 Å². The molecule has 1 unspecified atom stereocenters. The molecule has 4 rings (SSSR count). The molecule has 1 aromatic carbocycles. The van der Waals surface area contributed by atoms with Crippen LogP contribution in [0.1, 0.15) is 53.0 Å². The predicted molar refractivity (Wildman–Crippen MR) is 108 cm³/mol. The number of nitrogens with zero attached hydrogens (tertiary/aromatic N) is 2. The van der Waals surface area contributed by atoms with Crippen LogP contribution in [0.15, 0.2) is 18.2 Å². The summed E-state index contributed by atoms with van der Waals surface area (Å²) in [4.78, 5) is 53.2. The van der Waals surface area contributed by atoms with E-state index in [1.165, 1.54) is 4.90 Å². The Morgan fingerprint density at radius 3 is 2.66 bits per heavy atom. The molecule has 1 aromatic rings. The normalized spacial score (nSPS) is 23.4. The lowest BCUT2D eigenvalue weighted by atomic mass is 9.96. The second kappa shape index (κ2) is 7.76. The number of hydrogen-bond acceptors (Lipinski definition) is 5. The molecule has 0 bridgehead atoms. The van der Waals surface area contributed by atoms with Crippen molar-refractivity contribution in [2.24, 2.45) is 0 Å². The van der Waals surface area contributed by atoms with E-state index in [9.17, 15) is 19.2 Å². The number of hydrogen-bond donors (Lipinski definition) is 2.